The monoisotopic (exact) mass is 345 g/mol. The van der Waals surface area contributed by atoms with Crippen LogP contribution in [0.2, 0.25) is 0 Å². The lowest BCUT2D eigenvalue weighted by atomic mass is 9.95. The molecule has 6 heteroatoms. The Bertz CT molecular complexity index is 710. The summed E-state index contributed by atoms with van der Waals surface area (Å²) in [7, 11) is 0. The lowest BCUT2D eigenvalue weighted by Gasteiger charge is -2.33. The van der Waals surface area contributed by atoms with Crippen molar-refractivity contribution in [3.63, 3.8) is 0 Å². The van der Waals surface area contributed by atoms with E-state index in [1.807, 2.05) is 4.90 Å². The van der Waals surface area contributed by atoms with Gasteiger partial charge >= 0.3 is 0 Å². The predicted molar refractivity (Wildman–Crippen MR) is 92.3 cm³/mol. The third-order valence-corrected chi connectivity index (χ3v) is 4.96. The molecule has 1 fully saturated rings. The fourth-order valence-electron chi connectivity index (χ4n) is 3.39. The number of hydrogen-bond donors (Lipinski definition) is 0. The van der Waals surface area contributed by atoms with Crippen molar-refractivity contribution in [1.82, 2.24) is 15.0 Å². The molecule has 1 aromatic heterocycles. The van der Waals surface area contributed by atoms with E-state index in [2.05, 4.69) is 24.0 Å². The van der Waals surface area contributed by atoms with Gasteiger partial charge in [-0.2, -0.15) is 4.98 Å². The lowest BCUT2D eigenvalue weighted by molar-refractivity contribution is -0.137. The molecule has 134 valence electrons. The second kappa shape index (κ2) is 7.76. The second-order valence-electron chi connectivity index (χ2n) is 6.60. The summed E-state index contributed by atoms with van der Waals surface area (Å²) < 4.78 is 18.5. The van der Waals surface area contributed by atoms with Crippen LogP contribution in [-0.2, 0) is 4.79 Å². The first-order valence-electron chi connectivity index (χ1n) is 9.00. The summed E-state index contributed by atoms with van der Waals surface area (Å²) in [5.41, 5.74) is 0.720. The van der Waals surface area contributed by atoms with Crippen LogP contribution in [0.3, 0.4) is 0 Å². The predicted octanol–water partition coefficient (Wildman–Crippen LogP) is 4.02. The molecule has 0 aliphatic carbocycles. The first-order valence-corrected chi connectivity index (χ1v) is 9.00. The number of amides is 1. The van der Waals surface area contributed by atoms with E-state index in [1.165, 1.54) is 12.1 Å². The molecule has 0 saturated carbocycles. The highest BCUT2D eigenvalue weighted by atomic mass is 19.1. The molecule has 1 amide bonds. The van der Waals surface area contributed by atoms with Crippen LogP contribution in [0.1, 0.15) is 51.3 Å². The number of hydrogen-bond acceptors (Lipinski definition) is 4. The number of rotatable bonds is 5. The molecule has 1 aliphatic heterocycles. The fraction of sp³-hybridized carbons (Fsp3) is 0.526. The Morgan fingerprint density at radius 2 is 2.04 bits per heavy atom. The summed E-state index contributed by atoms with van der Waals surface area (Å²) in [5.74, 6) is 1.10. The number of halogens is 1. The summed E-state index contributed by atoms with van der Waals surface area (Å²) in [4.78, 5) is 19.0. The highest BCUT2D eigenvalue weighted by Crippen LogP contribution is 2.29. The number of carbonyl (C=O) groups is 1. The van der Waals surface area contributed by atoms with Gasteiger partial charge in [-0.25, -0.2) is 4.39 Å². The number of piperidine rings is 1. The molecule has 0 spiro atoms. The third-order valence-electron chi connectivity index (χ3n) is 4.96. The number of aromatic nitrogens is 2. The number of likely N-dealkylation sites (tertiary alicyclic amines) is 1. The quantitative estimate of drug-likeness (QED) is 0.821. The van der Waals surface area contributed by atoms with Crippen LogP contribution < -0.4 is 0 Å². The summed E-state index contributed by atoms with van der Waals surface area (Å²) in [6.45, 7) is 5.53. The van der Waals surface area contributed by atoms with Crippen molar-refractivity contribution in [3.8, 4) is 11.4 Å². The second-order valence-corrected chi connectivity index (χ2v) is 6.60. The zero-order valence-corrected chi connectivity index (χ0v) is 14.7. The minimum atomic E-state index is -0.296. The highest BCUT2D eigenvalue weighted by Gasteiger charge is 2.30. The van der Waals surface area contributed by atoms with E-state index in [-0.39, 0.29) is 23.6 Å². The summed E-state index contributed by atoms with van der Waals surface area (Å²) >= 11 is 0. The normalized spacial score (nSPS) is 17.9. The maximum Gasteiger partial charge on any atom is 0.231 e. The van der Waals surface area contributed by atoms with E-state index >= 15 is 0 Å². The molecule has 1 aromatic carbocycles. The van der Waals surface area contributed by atoms with Crippen molar-refractivity contribution in [3.05, 3.63) is 36.0 Å². The molecule has 0 N–H and O–H groups in total. The van der Waals surface area contributed by atoms with Gasteiger partial charge in [0.05, 0.1) is 5.92 Å². The zero-order valence-electron chi connectivity index (χ0n) is 14.7. The Hall–Kier alpha value is -2.24. The Morgan fingerprint density at radius 1 is 1.32 bits per heavy atom. The Balaban J connectivity index is 1.72. The average molecular weight is 345 g/mol. The standard InChI is InChI=1S/C19H24FN3O2/c1-3-13(4-2)19(24)23-11-5-6-15(12-23)18-21-17(22-25-18)14-7-9-16(20)10-8-14/h7-10,13,15H,3-6,11-12H2,1-2H3. The first kappa shape index (κ1) is 17.6. The van der Waals surface area contributed by atoms with Crippen LogP contribution in [0.15, 0.2) is 28.8 Å². The van der Waals surface area contributed by atoms with Crippen molar-refractivity contribution in [1.29, 1.82) is 0 Å². The van der Waals surface area contributed by atoms with Crippen molar-refractivity contribution < 1.29 is 13.7 Å². The molecule has 3 rings (SSSR count). The molecule has 25 heavy (non-hydrogen) atoms. The van der Waals surface area contributed by atoms with E-state index in [1.54, 1.807) is 12.1 Å². The molecule has 1 aliphatic rings. The molecule has 1 unspecified atom stereocenters. The highest BCUT2D eigenvalue weighted by molar-refractivity contribution is 5.78. The summed E-state index contributed by atoms with van der Waals surface area (Å²) in [5, 5.41) is 4.02. The average Bonchev–Trinajstić information content (AvgIpc) is 3.13. The van der Waals surface area contributed by atoms with Gasteiger partial charge in [-0.1, -0.05) is 19.0 Å². The van der Waals surface area contributed by atoms with E-state index in [0.717, 1.165) is 37.8 Å². The molecule has 1 atom stereocenters. The Morgan fingerprint density at radius 3 is 2.72 bits per heavy atom. The minimum absolute atomic E-state index is 0.0637. The minimum Gasteiger partial charge on any atom is -0.342 e. The van der Waals surface area contributed by atoms with Crippen molar-refractivity contribution in [2.45, 2.75) is 45.4 Å². The van der Waals surface area contributed by atoms with Crippen molar-refractivity contribution in [2.24, 2.45) is 5.92 Å². The lowest BCUT2D eigenvalue weighted by Crippen LogP contribution is -2.42. The SMILES string of the molecule is CCC(CC)C(=O)N1CCCC(c2nc(-c3ccc(F)cc3)no2)C1. The molecule has 2 aromatic rings. The van der Waals surface area contributed by atoms with Gasteiger partial charge in [-0.05, 0) is 49.9 Å². The van der Waals surface area contributed by atoms with Gasteiger partial charge in [0.15, 0.2) is 0 Å². The maximum absolute atomic E-state index is 13.0. The fourth-order valence-corrected chi connectivity index (χ4v) is 3.39. The molecule has 0 radical (unpaired) electrons. The molecular weight excluding hydrogens is 321 g/mol. The van der Waals surface area contributed by atoms with Gasteiger partial charge in [0.1, 0.15) is 5.82 Å². The third kappa shape index (κ3) is 3.89. The van der Waals surface area contributed by atoms with E-state index < -0.39 is 0 Å². The van der Waals surface area contributed by atoms with Crippen LogP contribution in [0.5, 0.6) is 0 Å². The van der Waals surface area contributed by atoms with Crippen molar-refractivity contribution in [2.75, 3.05) is 13.1 Å². The Kier molecular flexibility index (Phi) is 5.46. The summed E-state index contributed by atoms with van der Waals surface area (Å²) in [6.07, 6.45) is 3.60. The topological polar surface area (TPSA) is 59.2 Å². The Labute approximate surface area is 147 Å². The smallest absolute Gasteiger partial charge is 0.231 e. The van der Waals surface area contributed by atoms with Gasteiger partial charge in [-0.3, -0.25) is 4.79 Å². The van der Waals surface area contributed by atoms with Gasteiger partial charge in [0.25, 0.3) is 0 Å². The van der Waals surface area contributed by atoms with Crippen molar-refractivity contribution >= 4 is 5.91 Å². The molecule has 2 heterocycles. The van der Waals surface area contributed by atoms with Gasteiger partial charge in [0, 0.05) is 24.6 Å². The van der Waals surface area contributed by atoms with Crippen LogP contribution in [-0.4, -0.2) is 34.0 Å². The first-order chi connectivity index (χ1) is 12.1. The van der Waals surface area contributed by atoms with Gasteiger partial charge in [-0.15, -0.1) is 0 Å². The van der Waals surface area contributed by atoms with Crippen LogP contribution in [0, 0.1) is 11.7 Å². The van der Waals surface area contributed by atoms with Crippen LogP contribution in [0.25, 0.3) is 11.4 Å². The van der Waals surface area contributed by atoms with Crippen LogP contribution >= 0.6 is 0 Å². The summed E-state index contributed by atoms with van der Waals surface area (Å²) in [6, 6.07) is 6.02. The molecular formula is C19H24FN3O2. The van der Waals surface area contributed by atoms with Gasteiger partial charge in [0.2, 0.25) is 17.6 Å². The van der Waals surface area contributed by atoms with Crippen LogP contribution in [0.4, 0.5) is 4.39 Å². The number of nitrogens with zero attached hydrogens (tertiary/aromatic N) is 3. The zero-order chi connectivity index (χ0) is 17.8. The van der Waals surface area contributed by atoms with Gasteiger partial charge < -0.3 is 9.42 Å². The number of benzene rings is 1. The van der Waals surface area contributed by atoms with E-state index in [9.17, 15) is 9.18 Å². The number of carbonyl (C=O) groups excluding carboxylic acids is 1. The molecule has 1 saturated heterocycles. The van der Waals surface area contributed by atoms with E-state index in [4.69, 9.17) is 4.52 Å². The molecule has 5 nitrogen and oxygen atoms in total. The largest absolute Gasteiger partial charge is 0.342 e. The van der Waals surface area contributed by atoms with E-state index in [0.29, 0.717) is 18.3 Å². The maximum atomic E-state index is 13.0. The molecule has 0 bridgehead atoms.